The summed E-state index contributed by atoms with van der Waals surface area (Å²) in [4.78, 5) is 0. The summed E-state index contributed by atoms with van der Waals surface area (Å²) in [5, 5.41) is 3.68. The van der Waals surface area contributed by atoms with Gasteiger partial charge >= 0.3 is 0 Å². The molecule has 0 amide bonds. The van der Waals surface area contributed by atoms with Crippen LogP contribution in [0.3, 0.4) is 0 Å². The maximum atomic E-state index is 6.31. The van der Waals surface area contributed by atoms with Crippen LogP contribution in [0.15, 0.2) is 0 Å². The first-order valence-corrected chi connectivity index (χ1v) is 7.04. The minimum absolute atomic E-state index is 0.499. The molecular weight excluding hydrogens is 196 g/mol. The van der Waals surface area contributed by atoms with E-state index in [-0.39, 0.29) is 0 Å². The molecule has 0 aromatic heterocycles. The van der Waals surface area contributed by atoms with Gasteiger partial charge in [0.25, 0.3) is 0 Å². The predicted octanol–water partition coefficient (Wildman–Crippen LogP) is 2.00. The SMILES string of the molecule is CC1(C)CC1CNCC1C2CCC(C2)C1N. The summed E-state index contributed by atoms with van der Waals surface area (Å²) >= 11 is 0. The molecule has 0 aliphatic heterocycles. The van der Waals surface area contributed by atoms with Crippen LogP contribution in [-0.4, -0.2) is 19.1 Å². The summed E-state index contributed by atoms with van der Waals surface area (Å²) in [7, 11) is 0. The fourth-order valence-corrected chi connectivity index (χ4v) is 4.11. The molecular formula is C14H26N2. The van der Waals surface area contributed by atoms with Crippen molar-refractivity contribution < 1.29 is 0 Å². The molecule has 5 unspecified atom stereocenters. The molecule has 0 aromatic rings. The van der Waals surface area contributed by atoms with Gasteiger partial charge in [-0.25, -0.2) is 0 Å². The highest BCUT2D eigenvalue weighted by atomic mass is 14.9. The molecule has 16 heavy (non-hydrogen) atoms. The zero-order valence-corrected chi connectivity index (χ0v) is 10.7. The van der Waals surface area contributed by atoms with Gasteiger partial charge in [-0.1, -0.05) is 13.8 Å². The molecule has 3 N–H and O–H groups in total. The Morgan fingerprint density at radius 2 is 1.88 bits per heavy atom. The van der Waals surface area contributed by atoms with Gasteiger partial charge in [-0.2, -0.15) is 0 Å². The third kappa shape index (κ3) is 1.80. The summed E-state index contributed by atoms with van der Waals surface area (Å²) in [6.45, 7) is 7.15. The molecule has 92 valence electrons. The molecule has 3 aliphatic rings. The van der Waals surface area contributed by atoms with E-state index in [1.807, 2.05) is 0 Å². The van der Waals surface area contributed by atoms with E-state index in [1.165, 1.54) is 38.8 Å². The second-order valence-electron chi connectivity index (χ2n) is 7.12. The first kappa shape index (κ1) is 11.0. The highest BCUT2D eigenvalue weighted by Gasteiger charge is 2.47. The third-order valence-corrected chi connectivity index (χ3v) is 5.65. The van der Waals surface area contributed by atoms with Crippen molar-refractivity contribution in [1.82, 2.24) is 5.32 Å². The van der Waals surface area contributed by atoms with Gasteiger partial charge < -0.3 is 11.1 Å². The van der Waals surface area contributed by atoms with E-state index in [0.717, 1.165) is 23.7 Å². The summed E-state index contributed by atoms with van der Waals surface area (Å²) < 4.78 is 0. The van der Waals surface area contributed by atoms with Gasteiger partial charge in [-0.3, -0.25) is 0 Å². The van der Waals surface area contributed by atoms with Gasteiger partial charge in [0.2, 0.25) is 0 Å². The van der Waals surface area contributed by atoms with E-state index in [4.69, 9.17) is 5.73 Å². The molecule has 0 saturated heterocycles. The average Bonchev–Trinajstić information content (AvgIpc) is 2.66. The van der Waals surface area contributed by atoms with Crippen molar-refractivity contribution in [3.05, 3.63) is 0 Å². The smallest absolute Gasteiger partial charge is 0.0110 e. The number of fused-ring (bicyclic) bond motifs is 2. The first-order valence-electron chi connectivity index (χ1n) is 7.04. The maximum Gasteiger partial charge on any atom is 0.0110 e. The molecule has 3 aliphatic carbocycles. The van der Waals surface area contributed by atoms with E-state index < -0.39 is 0 Å². The summed E-state index contributed by atoms with van der Waals surface area (Å²) in [6.07, 6.45) is 5.67. The number of nitrogens with one attached hydrogen (secondary N) is 1. The maximum absolute atomic E-state index is 6.31. The molecule has 0 radical (unpaired) electrons. The van der Waals surface area contributed by atoms with E-state index >= 15 is 0 Å². The molecule has 2 bridgehead atoms. The van der Waals surface area contributed by atoms with E-state index in [1.54, 1.807) is 0 Å². The lowest BCUT2D eigenvalue weighted by Gasteiger charge is -2.28. The van der Waals surface area contributed by atoms with E-state index in [2.05, 4.69) is 19.2 Å². The zero-order valence-electron chi connectivity index (χ0n) is 10.7. The topological polar surface area (TPSA) is 38.0 Å². The summed E-state index contributed by atoms with van der Waals surface area (Å²) in [6, 6.07) is 0.499. The molecule has 2 heteroatoms. The first-order chi connectivity index (χ1) is 7.58. The normalized spacial score (nSPS) is 48.6. The van der Waals surface area contributed by atoms with Crippen molar-refractivity contribution in [2.75, 3.05) is 13.1 Å². The lowest BCUT2D eigenvalue weighted by atomic mass is 9.85. The van der Waals surface area contributed by atoms with Gasteiger partial charge in [0.15, 0.2) is 0 Å². The van der Waals surface area contributed by atoms with Crippen LogP contribution in [0.1, 0.15) is 39.5 Å². The summed E-state index contributed by atoms with van der Waals surface area (Å²) in [5.41, 5.74) is 6.92. The number of hydrogen-bond acceptors (Lipinski definition) is 2. The Morgan fingerprint density at radius 1 is 1.19 bits per heavy atom. The number of rotatable bonds is 4. The van der Waals surface area contributed by atoms with Crippen molar-refractivity contribution in [1.29, 1.82) is 0 Å². The Hall–Kier alpha value is -0.0800. The van der Waals surface area contributed by atoms with E-state index in [0.29, 0.717) is 11.5 Å². The second-order valence-corrected chi connectivity index (χ2v) is 7.12. The highest BCUT2D eigenvalue weighted by Crippen LogP contribution is 2.51. The monoisotopic (exact) mass is 222 g/mol. The molecule has 2 nitrogen and oxygen atoms in total. The molecule has 3 saturated carbocycles. The fraction of sp³-hybridized carbons (Fsp3) is 1.00. The molecule has 0 aromatic carbocycles. The second kappa shape index (κ2) is 3.71. The fourth-order valence-electron chi connectivity index (χ4n) is 4.11. The van der Waals surface area contributed by atoms with Crippen LogP contribution in [0, 0.1) is 29.1 Å². The van der Waals surface area contributed by atoms with Crippen molar-refractivity contribution in [3.8, 4) is 0 Å². The van der Waals surface area contributed by atoms with Crippen LogP contribution in [0.2, 0.25) is 0 Å². The van der Waals surface area contributed by atoms with Gasteiger partial charge in [0.05, 0.1) is 0 Å². The number of nitrogens with two attached hydrogens (primary N) is 1. The Balaban J connectivity index is 1.43. The van der Waals surface area contributed by atoms with Crippen LogP contribution in [0.25, 0.3) is 0 Å². The van der Waals surface area contributed by atoms with Gasteiger partial charge in [0, 0.05) is 6.04 Å². The number of hydrogen-bond donors (Lipinski definition) is 2. The highest BCUT2D eigenvalue weighted by molar-refractivity contribution is 5.00. The van der Waals surface area contributed by atoms with Crippen molar-refractivity contribution >= 4 is 0 Å². The van der Waals surface area contributed by atoms with Crippen LogP contribution in [0.4, 0.5) is 0 Å². The quantitative estimate of drug-likeness (QED) is 0.763. The van der Waals surface area contributed by atoms with Gasteiger partial charge in [0.1, 0.15) is 0 Å². The standard InChI is InChI=1S/C14H26N2/c1-14(2)6-11(14)7-16-8-12-9-3-4-10(5-9)13(12)15/h9-13,16H,3-8,15H2,1-2H3. The zero-order chi connectivity index (χ0) is 11.3. The molecule has 0 spiro atoms. The Bertz CT molecular complexity index is 272. The van der Waals surface area contributed by atoms with Crippen LogP contribution < -0.4 is 11.1 Å². The Labute approximate surface area is 99.4 Å². The van der Waals surface area contributed by atoms with Gasteiger partial charge in [-0.05, 0) is 67.9 Å². The molecule has 3 rings (SSSR count). The van der Waals surface area contributed by atoms with Crippen molar-refractivity contribution in [2.24, 2.45) is 34.8 Å². The van der Waals surface area contributed by atoms with Gasteiger partial charge in [-0.15, -0.1) is 0 Å². The molecule has 0 heterocycles. The minimum Gasteiger partial charge on any atom is -0.327 e. The predicted molar refractivity (Wildman–Crippen MR) is 67.1 cm³/mol. The largest absolute Gasteiger partial charge is 0.327 e. The molecule has 5 atom stereocenters. The molecule has 3 fully saturated rings. The van der Waals surface area contributed by atoms with Crippen LogP contribution >= 0.6 is 0 Å². The Kier molecular flexibility index (Phi) is 2.56. The third-order valence-electron chi connectivity index (χ3n) is 5.65. The Morgan fingerprint density at radius 3 is 2.44 bits per heavy atom. The average molecular weight is 222 g/mol. The van der Waals surface area contributed by atoms with Crippen molar-refractivity contribution in [2.45, 2.75) is 45.6 Å². The minimum atomic E-state index is 0.499. The lowest BCUT2D eigenvalue weighted by Crippen LogP contribution is -2.41. The van der Waals surface area contributed by atoms with Crippen LogP contribution in [-0.2, 0) is 0 Å². The van der Waals surface area contributed by atoms with Crippen molar-refractivity contribution in [3.63, 3.8) is 0 Å². The summed E-state index contributed by atoms with van der Waals surface area (Å²) in [5.74, 6) is 3.50. The van der Waals surface area contributed by atoms with Crippen LogP contribution in [0.5, 0.6) is 0 Å². The van der Waals surface area contributed by atoms with E-state index in [9.17, 15) is 0 Å². The lowest BCUT2D eigenvalue weighted by molar-refractivity contribution is 0.276.